The fourth-order valence-electron chi connectivity index (χ4n) is 2.64. The Balaban J connectivity index is 0.000000161. The third kappa shape index (κ3) is 5.01. The SMILES string of the molecule is CC(=O)c1cnc2ccc(Br)cc2c1.C[C@@H](O)c1cnc2ccc(Br)cc2c1. The smallest absolute Gasteiger partial charge is 0.161 e. The highest BCUT2D eigenvalue weighted by molar-refractivity contribution is 9.10. The highest BCUT2D eigenvalue weighted by atomic mass is 79.9. The molecule has 0 unspecified atom stereocenters. The number of ketones is 1. The van der Waals surface area contributed by atoms with Crippen LogP contribution in [-0.4, -0.2) is 20.9 Å². The molecular formula is C22H18Br2N2O2. The topological polar surface area (TPSA) is 63.1 Å². The van der Waals surface area contributed by atoms with Gasteiger partial charge in [0.1, 0.15) is 0 Å². The molecule has 1 atom stereocenters. The minimum absolute atomic E-state index is 0.0411. The second kappa shape index (κ2) is 8.90. The van der Waals surface area contributed by atoms with Gasteiger partial charge in [0.25, 0.3) is 0 Å². The van der Waals surface area contributed by atoms with Crippen molar-refractivity contribution < 1.29 is 9.90 Å². The zero-order valence-corrected chi connectivity index (χ0v) is 18.5. The largest absolute Gasteiger partial charge is 0.389 e. The van der Waals surface area contributed by atoms with Crippen LogP contribution in [0.1, 0.15) is 35.9 Å². The predicted molar refractivity (Wildman–Crippen MR) is 120 cm³/mol. The summed E-state index contributed by atoms with van der Waals surface area (Å²) in [5.41, 5.74) is 3.34. The van der Waals surface area contributed by atoms with Gasteiger partial charge in [0.15, 0.2) is 5.78 Å². The zero-order valence-electron chi connectivity index (χ0n) is 15.4. The van der Waals surface area contributed by atoms with Crippen LogP contribution >= 0.6 is 31.9 Å². The summed E-state index contributed by atoms with van der Waals surface area (Å²) in [4.78, 5) is 19.6. The van der Waals surface area contributed by atoms with Crippen molar-refractivity contribution in [1.29, 1.82) is 0 Å². The number of aliphatic hydroxyl groups excluding tert-OH is 1. The molecule has 1 N–H and O–H groups in total. The van der Waals surface area contributed by atoms with Crippen LogP contribution in [-0.2, 0) is 0 Å². The van der Waals surface area contributed by atoms with Crippen molar-refractivity contribution in [2.24, 2.45) is 0 Å². The molecule has 0 amide bonds. The summed E-state index contributed by atoms with van der Waals surface area (Å²) in [5, 5.41) is 11.4. The molecule has 0 spiro atoms. The third-order valence-corrected chi connectivity index (χ3v) is 5.18. The van der Waals surface area contributed by atoms with Gasteiger partial charge in [0.2, 0.25) is 0 Å². The van der Waals surface area contributed by atoms with Gasteiger partial charge in [-0.25, -0.2) is 0 Å². The van der Waals surface area contributed by atoms with Crippen LogP contribution in [0.25, 0.3) is 21.8 Å². The number of hydrogen-bond acceptors (Lipinski definition) is 4. The van der Waals surface area contributed by atoms with Gasteiger partial charge in [0, 0.05) is 37.7 Å². The lowest BCUT2D eigenvalue weighted by atomic mass is 10.1. The molecule has 4 rings (SSSR count). The number of carbonyl (C=O) groups excluding carboxylic acids is 1. The van der Waals surface area contributed by atoms with Crippen molar-refractivity contribution in [2.75, 3.05) is 0 Å². The van der Waals surface area contributed by atoms with Crippen molar-refractivity contribution in [2.45, 2.75) is 20.0 Å². The van der Waals surface area contributed by atoms with Gasteiger partial charge in [-0.15, -0.1) is 0 Å². The minimum Gasteiger partial charge on any atom is -0.389 e. The van der Waals surface area contributed by atoms with Crippen molar-refractivity contribution in [3.05, 3.63) is 81.0 Å². The van der Waals surface area contributed by atoms with Gasteiger partial charge in [0.05, 0.1) is 17.1 Å². The van der Waals surface area contributed by atoms with Gasteiger partial charge < -0.3 is 5.11 Å². The number of benzene rings is 2. The van der Waals surface area contributed by atoms with Gasteiger partial charge in [-0.05, 0) is 67.9 Å². The summed E-state index contributed by atoms with van der Waals surface area (Å²) in [6.45, 7) is 3.28. The number of aromatic nitrogens is 2. The molecule has 0 aliphatic carbocycles. The summed E-state index contributed by atoms with van der Waals surface area (Å²) in [5.74, 6) is 0.0411. The maximum atomic E-state index is 11.1. The quantitative estimate of drug-likeness (QED) is 0.329. The Labute approximate surface area is 179 Å². The Morgan fingerprint density at radius 2 is 1.43 bits per heavy atom. The second-order valence-corrected chi connectivity index (χ2v) is 8.23. The van der Waals surface area contributed by atoms with Crippen LogP contribution in [0.15, 0.2) is 69.9 Å². The zero-order chi connectivity index (χ0) is 20.3. The second-order valence-electron chi connectivity index (χ2n) is 6.40. The Kier molecular flexibility index (Phi) is 6.54. The Hall–Kier alpha value is -2.15. The molecule has 0 aliphatic rings. The van der Waals surface area contributed by atoms with Crippen LogP contribution in [0.4, 0.5) is 0 Å². The van der Waals surface area contributed by atoms with Crippen LogP contribution in [0.5, 0.6) is 0 Å². The molecule has 6 heteroatoms. The predicted octanol–water partition coefficient (Wildman–Crippen LogP) is 6.25. The molecule has 4 nitrogen and oxygen atoms in total. The van der Waals surface area contributed by atoms with E-state index < -0.39 is 6.10 Å². The lowest BCUT2D eigenvalue weighted by Gasteiger charge is -2.05. The number of aliphatic hydroxyl groups is 1. The molecule has 2 aromatic carbocycles. The molecule has 4 aromatic rings. The average Bonchev–Trinajstić information content (AvgIpc) is 2.67. The van der Waals surface area contributed by atoms with E-state index in [4.69, 9.17) is 0 Å². The number of Topliss-reactive ketones (excluding diaryl/α,β-unsaturated/α-hetero) is 1. The first-order valence-corrected chi connectivity index (χ1v) is 10.2. The third-order valence-electron chi connectivity index (χ3n) is 4.20. The Morgan fingerprint density at radius 3 is 1.96 bits per heavy atom. The van der Waals surface area contributed by atoms with E-state index in [2.05, 4.69) is 41.8 Å². The summed E-state index contributed by atoms with van der Waals surface area (Å²) in [6, 6.07) is 15.5. The molecule has 0 aliphatic heterocycles. The summed E-state index contributed by atoms with van der Waals surface area (Å²) in [7, 11) is 0. The number of fused-ring (bicyclic) bond motifs is 2. The molecule has 0 saturated heterocycles. The first kappa shape index (κ1) is 20.6. The number of carbonyl (C=O) groups is 1. The van der Waals surface area contributed by atoms with Crippen molar-refractivity contribution in [3.63, 3.8) is 0 Å². The highest BCUT2D eigenvalue weighted by Crippen LogP contribution is 2.21. The Bertz CT molecular complexity index is 1160. The van der Waals surface area contributed by atoms with E-state index in [0.29, 0.717) is 5.56 Å². The first-order valence-electron chi connectivity index (χ1n) is 8.63. The summed E-state index contributed by atoms with van der Waals surface area (Å²) >= 11 is 6.79. The van der Waals surface area contributed by atoms with Crippen LogP contribution in [0, 0.1) is 0 Å². The van der Waals surface area contributed by atoms with Gasteiger partial charge >= 0.3 is 0 Å². The van der Waals surface area contributed by atoms with E-state index in [1.807, 2.05) is 48.5 Å². The number of halogens is 2. The monoisotopic (exact) mass is 500 g/mol. The fourth-order valence-corrected chi connectivity index (χ4v) is 3.40. The number of hydrogen-bond donors (Lipinski definition) is 1. The van der Waals surface area contributed by atoms with Gasteiger partial charge in [-0.1, -0.05) is 31.9 Å². The molecular weight excluding hydrogens is 484 g/mol. The number of pyridine rings is 2. The number of nitrogens with zero attached hydrogens (tertiary/aromatic N) is 2. The molecule has 2 aromatic heterocycles. The van der Waals surface area contributed by atoms with E-state index in [1.54, 1.807) is 26.2 Å². The fraction of sp³-hybridized carbons (Fsp3) is 0.136. The molecule has 0 bridgehead atoms. The van der Waals surface area contributed by atoms with Gasteiger partial charge in [-0.3, -0.25) is 14.8 Å². The first-order chi connectivity index (χ1) is 13.3. The van der Waals surface area contributed by atoms with Crippen LogP contribution in [0.3, 0.4) is 0 Å². The van der Waals surface area contributed by atoms with Gasteiger partial charge in [-0.2, -0.15) is 0 Å². The lowest BCUT2D eigenvalue weighted by Crippen LogP contribution is -1.93. The van der Waals surface area contributed by atoms with Crippen LogP contribution < -0.4 is 0 Å². The van der Waals surface area contributed by atoms with E-state index in [-0.39, 0.29) is 5.78 Å². The minimum atomic E-state index is -0.467. The molecule has 2 heterocycles. The summed E-state index contributed by atoms with van der Waals surface area (Å²) in [6.07, 6.45) is 2.85. The maximum Gasteiger partial charge on any atom is 0.161 e. The van der Waals surface area contributed by atoms with E-state index in [1.165, 1.54) is 0 Å². The Morgan fingerprint density at radius 1 is 0.893 bits per heavy atom. The molecule has 0 fully saturated rings. The van der Waals surface area contributed by atoms with Crippen LogP contribution in [0.2, 0.25) is 0 Å². The van der Waals surface area contributed by atoms with Crippen molar-refractivity contribution in [3.8, 4) is 0 Å². The normalized spacial score (nSPS) is 11.8. The average molecular weight is 502 g/mol. The molecule has 28 heavy (non-hydrogen) atoms. The standard InChI is InChI=1S/C11H10BrNO.C11H8BrNO/c2*1-7(14)9-4-8-5-10(12)2-3-11(8)13-6-9/h2-7,14H,1H3;2-6H,1H3/t7-;/m1./s1. The van der Waals surface area contributed by atoms with E-state index in [9.17, 15) is 9.90 Å². The van der Waals surface area contributed by atoms with E-state index in [0.717, 1.165) is 36.3 Å². The van der Waals surface area contributed by atoms with Crippen molar-refractivity contribution in [1.82, 2.24) is 9.97 Å². The molecule has 142 valence electrons. The molecule has 0 radical (unpaired) electrons. The molecule has 0 saturated carbocycles. The lowest BCUT2D eigenvalue weighted by molar-refractivity contribution is 0.101. The summed E-state index contributed by atoms with van der Waals surface area (Å²) < 4.78 is 2.02. The highest BCUT2D eigenvalue weighted by Gasteiger charge is 2.03. The number of rotatable bonds is 2. The van der Waals surface area contributed by atoms with E-state index >= 15 is 0 Å². The van der Waals surface area contributed by atoms with Crippen molar-refractivity contribution >= 4 is 59.4 Å². The maximum absolute atomic E-state index is 11.1.